The molecule has 5 rings (SSSR count). The van der Waals surface area contributed by atoms with Crippen molar-refractivity contribution in [1.82, 2.24) is 14.8 Å². The number of carbonyl (C=O) groups excluding carboxylic acids is 3. The second-order valence-electron chi connectivity index (χ2n) is 7.68. The molecule has 0 bridgehead atoms. The lowest BCUT2D eigenvalue weighted by Crippen LogP contribution is -2.42. The average molecular weight is 439 g/mol. The molecule has 1 N–H and O–H groups in total. The highest BCUT2D eigenvalue weighted by atomic mass is 32.2. The summed E-state index contributed by atoms with van der Waals surface area (Å²) in [6.45, 7) is 4.09. The fourth-order valence-electron chi connectivity index (χ4n) is 4.05. The van der Waals surface area contributed by atoms with Crippen LogP contribution in [-0.4, -0.2) is 70.6 Å². The number of aromatic nitrogens is 1. The Kier molecular flexibility index (Phi) is 5.39. The van der Waals surface area contributed by atoms with Crippen LogP contribution in [0, 0.1) is 0 Å². The maximum atomic E-state index is 13.3. The van der Waals surface area contributed by atoms with Crippen molar-refractivity contribution in [2.45, 2.75) is 6.54 Å². The number of nitrogens with zero attached hydrogens (tertiary/aromatic N) is 3. The van der Waals surface area contributed by atoms with Gasteiger partial charge < -0.3 is 9.72 Å². The van der Waals surface area contributed by atoms with Gasteiger partial charge in [-0.1, -0.05) is 30.0 Å². The molecule has 2 saturated heterocycles. The van der Waals surface area contributed by atoms with Crippen LogP contribution in [0.15, 0.2) is 36.5 Å². The summed E-state index contributed by atoms with van der Waals surface area (Å²) in [7, 11) is 0. The van der Waals surface area contributed by atoms with Crippen LogP contribution in [0.1, 0.15) is 16.8 Å². The third-order valence-corrected chi connectivity index (χ3v) is 6.52. The third kappa shape index (κ3) is 3.91. The lowest BCUT2D eigenvalue weighted by Gasteiger charge is -2.25. The van der Waals surface area contributed by atoms with E-state index in [2.05, 4.69) is 9.88 Å². The average Bonchev–Trinajstić information content (AvgIpc) is 3.43. The number of rotatable bonds is 5. The summed E-state index contributed by atoms with van der Waals surface area (Å²) in [4.78, 5) is 45.6. The molecule has 160 valence electrons. The predicted octanol–water partition coefficient (Wildman–Crippen LogP) is 2.39. The molecule has 1 aromatic heterocycles. The van der Waals surface area contributed by atoms with E-state index in [1.807, 2.05) is 42.6 Å². The topological polar surface area (TPSA) is 86.0 Å². The largest absolute Gasteiger partial charge is 0.379 e. The fourth-order valence-corrected chi connectivity index (χ4v) is 4.77. The number of morpholine rings is 1. The number of aromatic amines is 1. The maximum absolute atomic E-state index is 13.3. The first-order valence-electron chi connectivity index (χ1n) is 10.2. The van der Waals surface area contributed by atoms with E-state index in [1.54, 1.807) is 0 Å². The molecule has 1 aromatic carbocycles. The second-order valence-corrected chi connectivity index (χ2v) is 8.60. The molecule has 0 spiro atoms. The van der Waals surface area contributed by atoms with Crippen molar-refractivity contribution < 1.29 is 19.1 Å². The van der Waals surface area contributed by atoms with Gasteiger partial charge in [0, 0.05) is 37.1 Å². The number of anilines is 1. The summed E-state index contributed by atoms with van der Waals surface area (Å²) < 4.78 is 5.40. The first-order chi connectivity index (χ1) is 15.1. The number of para-hydroxylation sites is 1. The van der Waals surface area contributed by atoms with Crippen LogP contribution >= 0.6 is 11.8 Å². The number of nitrogens with one attached hydrogen (secondary N) is 1. The molecular weight excluding hydrogens is 416 g/mol. The maximum Gasteiger partial charge on any atom is 0.290 e. The van der Waals surface area contributed by atoms with Gasteiger partial charge in [-0.25, -0.2) is 0 Å². The molecule has 9 heteroatoms. The Bertz CT molecular complexity index is 1060. The zero-order chi connectivity index (χ0) is 21.4. The first-order valence-corrected chi connectivity index (χ1v) is 11.2. The van der Waals surface area contributed by atoms with Crippen molar-refractivity contribution >= 4 is 46.2 Å². The Balaban J connectivity index is 1.39. The Morgan fingerprint density at radius 1 is 1.10 bits per heavy atom. The molecule has 0 saturated carbocycles. The highest BCUT2D eigenvalue weighted by molar-refractivity contribution is 8.14. The summed E-state index contributed by atoms with van der Waals surface area (Å²) in [5.41, 5.74) is 4.03. The molecule has 3 aliphatic rings. The zero-order valence-corrected chi connectivity index (χ0v) is 17.7. The Morgan fingerprint density at radius 3 is 2.68 bits per heavy atom. The van der Waals surface area contributed by atoms with E-state index < -0.39 is 0 Å². The minimum Gasteiger partial charge on any atom is -0.379 e. The summed E-state index contributed by atoms with van der Waals surface area (Å²) in [6, 6.07) is 9.50. The molecule has 4 heterocycles. The zero-order valence-electron chi connectivity index (χ0n) is 16.9. The number of amides is 3. The van der Waals surface area contributed by atoms with E-state index in [9.17, 15) is 14.4 Å². The minimum atomic E-state index is -0.315. The molecule has 0 atom stereocenters. The van der Waals surface area contributed by atoms with Gasteiger partial charge in [-0.15, -0.1) is 0 Å². The van der Waals surface area contributed by atoms with Gasteiger partial charge in [0.2, 0.25) is 5.91 Å². The van der Waals surface area contributed by atoms with E-state index >= 15 is 0 Å². The monoisotopic (exact) mass is 438 g/mol. The van der Waals surface area contributed by atoms with Gasteiger partial charge >= 0.3 is 0 Å². The first kappa shape index (κ1) is 20.0. The van der Waals surface area contributed by atoms with Gasteiger partial charge in [-0.2, -0.15) is 0 Å². The second kappa shape index (κ2) is 8.33. The molecule has 8 nitrogen and oxygen atoms in total. The van der Waals surface area contributed by atoms with E-state index in [4.69, 9.17) is 4.74 Å². The number of hydrogen-bond donors (Lipinski definition) is 1. The van der Waals surface area contributed by atoms with E-state index in [0.717, 1.165) is 66.3 Å². The van der Waals surface area contributed by atoms with Crippen LogP contribution in [0.2, 0.25) is 0 Å². The summed E-state index contributed by atoms with van der Waals surface area (Å²) in [5.74, 6) is -0.363. The number of fused-ring (bicyclic) bond motifs is 1. The number of carbonyl (C=O) groups is 3. The van der Waals surface area contributed by atoms with Crippen molar-refractivity contribution in [2.24, 2.45) is 0 Å². The summed E-state index contributed by atoms with van der Waals surface area (Å²) in [5, 5.41) is -0.315. The van der Waals surface area contributed by atoms with Crippen LogP contribution < -0.4 is 4.90 Å². The highest BCUT2D eigenvalue weighted by Gasteiger charge is 2.38. The van der Waals surface area contributed by atoms with E-state index in [1.165, 1.54) is 4.90 Å². The molecule has 3 amide bonds. The Morgan fingerprint density at radius 2 is 1.90 bits per heavy atom. The molecule has 2 aromatic rings. The van der Waals surface area contributed by atoms with Crippen molar-refractivity contribution in [1.29, 1.82) is 0 Å². The van der Waals surface area contributed by atoms with Crippen LogP contribution in [0.25, 0.3) is 11.6 Å². The van der Waals surface area contributed by atoms with E-state index in [-0.39, 0.29) is 29.5 Å². The summed E-state index contributed by atoms with van der Waals surface area (Å²) >= 11 is 0.968. The number of imide groups is 1. The number of H-pyrrole nitrogens is 1. The number of hydrogen-bond acceptors (Lipinski definition) is 6. The molecule has 0 aliphatic carbocycles. The number of benzene rings is 1. The van der Waals surface area contributed by atoms with Gasteiger partial charge in [-0.3, -0.25) is 29.1 Å². The fraction of sp³-hybridized carbons (Fsp3) is 0.318. The Hall–Kier alpha value is -2.88. The molecule has 0 radical (unpaired) electrons. The number of ether oxygens (including phenoxy) is 1. The normalized spacial score (nSPS) is 20.9. The SMILES string of the molecule is O=C1CSC(=O)N1CN1C(=O)C(=Cc2cc(CN3CCOCC3)c[nH]2)c2ccccc21. The number of thioether (sulfide) groups is 1. The van der Waals surface area contributed by atoms with Crippen LogP contribution in [0.4, 0.5) is 10.5 Å². The quantitative estimate of drug-likeness (QED) is 0.722. The van der Waals surface area contributed by atoms with Crippen molar-refractivity contribution in [3.05, 3.63) is 53.3 Å². The van der Waals surface area contributed by atoms with Gasteiger partial charge in [0.05, 0.1) is 30.2 Å². The van der Waals surface area contributed by atoms with E-state index in [0.29, 0.717) is 11.3 Å². The third-order valence-electron chi connectivity index (χ3n) is 5.66. The molecule has 2 fully saturated rings. The standard InChI is InChI=1S/C22H22N4O4S/c27-20-13-31-22(29)26(20)14-25-19-4-2-1-3-17(19)18(21(25)28)10-16-9-15(11-23-16)12-24-5-7-30-8-6-24/h1-4,9-11,23H,5-8,12-14H2. The lowest BCUT2D eigenvalue weighted by molar-refractivity contribution is -0.124. The van der Waals surface area contributed by atoms with Gasteiger partial charge in [0.15, 0.2) is 0 Å². The Labute approximate surface area is 183 Å². The van der Waals surface area contributed by atoms with Gasteiger partial charge in [0.25, 0.3) is 11.1 Å². The van der Waals surface area contributed by atoms with Crippen molar-refractivity contribution in [2.75, 3.05) is 43.6 Å². The van der Waals surface area contributed by atoms with Crippen molar-refractivity contribution in [3.63, 3.8) is 0 Å². The highest BCUT2D eigenvalue weighted by Crippen LogP contribution is 2.38. The van der Waals surface area contributed by atoms with Crippen LogP contribution in [0.5, 0.6) is 0 Å². The molecular formula is C22H22N4O4S. The van der Waals surface area contributed by atoms with Crippen molar-refractivity contribution in [3.8, 4) is 0 Å². The van der Waals surface area contributed by atoms with Crippen LogP contribution in [0.3, 0.4) is 0 Å². The minimum absolute atomic E-state index is 0.0646. The van der Waals surface area contributed by atoms with Gasteiger partial charge in [-0.05, 0) is 23.8 Å². The molecule has 0 unspecified atom stereocenters. The smallest absolute Gasteiger partial charge is 0.290 e. The molecule has 31 heavy (non-hydrogen) atoms. The van der Waals surface area contributed by atoms with Crippen LogP contribution in [-0.2, 0) is 20.9 Å². The lowest BCUT2D eigenvalue weighted by atomic mass is 10.1. The van der Waals surface area contributed by atoms with Gasteiger partial charge in [0.1, 0.15) is 6.67 Å². The summed E-state index contributed by atoms with van der Waals surface area (Å²) in [6.07, 6.45) is 3.80. The molecule has 3 aliphatic heterocycles. The predicted molar refractivity (Wildman–Crippen MR) is 118 cm³/mol.